The molecule has 3 aromatic rings. The van der Waals surface area contributed by atoms with Crippen molar-refractivity contribution in [2.75, 3.05) is 25.6 Å². The summed E-state index contributed by atoms with van der Waals surface area (Å²) in [7, 11) is 1.41. The Morgan fingerprint density at radius 2 is 2.12 bits per heavy atom. The number of benzene rings is 1. The summed E-state index contributed by atoms with van der Waals surface area (Å²) in [6.07, 6.45) is 5.42. The van der Waals surface area contributed by atoms with E-state index in [0.29, 0.717) is 48.4 Å². The van der Waals surface area contributed by atoms with Gasteiger partial charge in [-0.1, -0.05) is 11.2 Å². The van der Waals surface area contributed by atoms with Gasteiger partial charge in [-0.05, 0) is 43.4 Å². The second kappa shape index (κ2) is 8.12. The Labute approximate surface area is 195 Å². The van der Waals surface area contributed by atoms with Crippen molar-refractivity contribution in [3.63, 3.8) is 0 Å². The molecule has 2 aliphatic heterocycles. The van der Waals surface area contributed by atoms with Gasteiger partial charge in [-0.3, -0.25) is 9.59 Å². The zero-order chi connectivity index (χ0) is 23.2. The molecule has 2 aromatic heterocycles. The maximum atomic E-state index is 12.2. The summed E-state index contributed by atoms with van der Waals surface area (Å²) in [4.78, 5) is 38.0. The Balaban J connectivity index is 1.34. The molecule has 34 heavy (non-hydrogen) atoms. The molecule has 3 aliphatic rings. The number of carbonyl (C=O) groups excluding carboxylic acids is 2. The van der Waals surface area contributed by atoms with Crippen molar-refractivity contribution < 1.29 is 19.2 Å². The number of fused-ring (bicyclic) bond motifs is 2. The molecule has 0 spiro atoms. The maximum absolute atomic E-state index is 12.2. The van der Waals surface area contributed by atoms with Crippen molar-refractivity contribution >= 4 is 34.2 Å². The van der Waals surface area contributed by atoms with Crippen LogP contribution in [0.1, 0.15) is 37.3 Å². The molecular formula is C24H24N6O4. The van der Waals surface area contributed by atoms with Crippen LogP contribution in [0.5, 0.6) is 5.88 Å². The fourth-order valence-electron chi connectivity index (χ4n) is 4.59. The molecule has 1 atom stereocenters. The number of amides is 2. The monoisotopic (exact) mass is 460 g/mol. The Kier molecular flexibility index (Phi) is 4.93. The quantitative estimate of drug-likeness (QED) is 0.523. The fourth-order valence-corrected chi connectivity index (χ4v) is 4.59. The minimum absolute atomic E-state index is 0.0988. The van der Waals surface area contributed by atoms with Crippen LogP contribution in [0.4, 0.5) is 5.69 Å². The first-order valence-corrected chi connectivity index (χ1v) is 11.4. The summed E-state index contributed by atoms with van der Waals surface area (Å²) in [6, 6.07) is 7.99. The average molecular weight is 460 g/mol. The molecule has 1 saturated carbocycles. The summed E-state index contributed by atoms with van der Waals surface area (Å²) in [6.45, 7) is 1.17. The van der Waals surface area contributed by atoms with Crippen LogP contribution in [0.3, 0.4) is 0 Å². The summed E-state index contributed by atoms with van der Waals surface area (Å²) >= 11 is 0. The lowest BCUT2D eigenvalue weighted by Gasteiger charge is -2.13. The van der Waals surface area contributed by atoms with Gasteiger partial charge in [-0.15, -0.1) is 0 Å². The van der Waals surface area contributed by atoms with Gasteiger partial charge in [0.05, 0.1) is 29.8 Å². The topological polar surface area (TPSA) is 120 Å². The van der Waals surface area contributed by atoms with Crippen LogP contribution in [0.2, 0.25) is 0 Å². The number of nitrogens with zero attached hydrogens (tertiary/aromatic N) is 4. The Morgan fingerprint density at radius 1 is 1.24 bits per heavy atom. The molecule has 174 valence electrons. The maximum Gasteiger partial charge on any atom is 0.278 e. The lowest BCUT2D eigenvalue weighted by molar-refractivity contribution is -0.119. The minimum Gasteiger partial charge on any atom is -0.476 e. The zero-order valence-corrected chi connectivity index (χ0v) is 18.7. The largest absolute Gasteiger partial charge is 0.476 e. The molecular weight excluding hydrogens is 436 g/mol. The molecule has 1 aromatic carbocycles. The van der Waals surface area contributed by atoms with Crippen molar-refractivity contribution in [2.24, 2.45) is 11.1 Å². The van der Waals surface area contributed by atoms with E-state index in [-0.39, 0.29) is 23.4 Å². The molecule has 10 nitrogen and oxygen atoms in total. The molecule has 10 heteroatoms. The summed E-state index contributed by atoms with van der Waals surface area (Å²) in [5.74, 6) is 0.620. The number of pyridine rings is 1. The van der Waals surface area contributed by atoms with Gasteiger partial charge in [0, 0.05) is 30.1 Å². The number of rotatable bonds is 7. The molecule has 4 heterocycles. The fraction of sp³-hybridized carbons (Fsp3) is 0.375. The lowest BCUT2D eigenvalue weighted by Crippen LogP contribution is -2.14. The predicted octanol–water partition coefficient (Wildman–Crippen LogP) is 2.64. The SMILES string of the molecule is CO/N=C1/C(=O)Nc2cc(-c3cc4ncn(C5CC5)c4c(OCC[C@H]4CNC(=O)C4)n3)ccc21. The van der Waals surface area contributed by atoms with Crippen molar-refractivity contribution in [3.8, 4) is 17.1 Å². The molecule has 6 rings (SSSR count). The molecule has 2 amide bonds. The summed E-state index contributed by atoms with van der Waals surface area (Å²) < 4.78 is 8.35. The zero-order valence-electron chi connectivity index (χ0n) is 18.7. The number of anilines is 1. The third kappa shape index (κ3) is 3.64. The van der Waals surface area contributed by atoms with E-state index in [1.54, 1.807) is 0 Å². The van der Waals surface area contributed by atoms with Gasteiger partial charge in [0.2, 0.25) is 11.8 Å². The third-order valence-electron chi connectivity index (χ3n) is 6.50. The van der Waals surface area contributed by atoms with Crippen molar-refractivity contribution in [3.05, 3.63) is 36.2 Å². The van der Waals surface area contributed by atoms with E-state index >= 15 is 0 Å². The number of nitrogens with one attached hydrogen (secondary N) is 2. The van der Waals surface area contributed by atoms with E-state index < -0.39 is 0 Å². The summed E-state index contributed by atoms with van der Waals surface area (Å²) in [5.41, 5.74) is 4.84. The second-order valence-electron chi connectivity index (χ2n) is 8.91. The highest BCUT2D eigenvalue weighted by Crippen LogP contribution is 2.40. The first kappa shape index (κ1) is 20.6. The predicted molar refractivity (Wildman–Crippen MR) is 125 cm³/mol. The minimum atomic E-state index is -0.301. The van der Waals surface area contributed by atoms with Crippen molar-refractivity contribution in [1.29, 1.82) is 0 Å². The van der Waals surface area contributed by atoms with Gasteiger partial charge >= 0.3 is 0 Å². The van der Waals surface area contributed by atoms with Gasteiger partial charge in [0.15, 0.2) is 5.71 Å². The number of aromatic nitrogens is 3. The van der Waals surface area contributed by atoms with Crippen LogP contribution < -0.4 is 15.4 Å². The van der Waals surface area contributed by atoms with Crippen LogP contribution in [-0.4, -0.2) is 52.3 Å². The highest BCUT2D eigenvalue weighted by atomic mass is 16.6. The van der Waals surface area contributed by atoms with E-state index in [2.05, 4.69) is 25.3 Å². The molecule has 0 unspecified atom stereocenters. The van der Waals surface area contributed by atoms with Crippen molar-refractivity contribution in [2.45, 2.75) is 31.7 Å². The first-order chi connectivity index (χ1) is 16.6. The molecule has 0 radical (unpaired) electrons. The standard InChI is InChI=1S/C24H24N6O4/c1-33-29-21-16-5-2-14(9-18(16)27-23(21)32)17-10-19-22(30(12-26-19)15-3-4-15)24(28-17)34-7-6-13-8-20(31)25-11-13/h2,5,9-10,12-13,15H,3-4,6-8,11H2,1H3,(H,25,31)(H,27,29,32)/t13-/m1/s1. The number of oxime groups is 1. The molecule has 0 bridgehead atoms. The van der Waals surface area contributed by atoms with Crippen LogP contribution >= 0.6 is 0 Å². The molecule has 1 aliphatic carbocycles. The van der Waals surface area contributed by atoms with Gasteiger partial charge in [0.1, 0.15) is 12.6 Å². The van der Waals surface area contributed by atoms with E-state index in [1.165, 1.54) is 7.11 Å². The molecule has 2 N–H and O–H groups in total. The first-order valence-electron chi connectivity index (χ1n) is 11.4. The number of ether oxygens (including phenoxy) is 1. The number of hydrogen-bond acceptors (Lipinski definition) is 7. The summed E-state index contributed by atoms with van der Waals surface area (Å²) in [5, 5.41) is 9.53. The van der Waals surface area contributed by atoms with Crippen LogP contribution in [0.25, 0.3) is 22.3 Å². The van der Waals surface area contributed by atoms with Gasteiger partial charge in [-0.2, -0.15) is 0 Å². The molecule has 2 fully saturated rings. The van der Waals surface area contributed by atoms with Gasteiger partial charge < -0.3 is 24.8 Å². The van der Waals surface area contributed by atoms with E-state index in [0.717, 1.165) is 35.9 Å². The van der Waals surface area contributed by atoms with Crippen LogP contribution in [0.15, 0.2) is 35.7 Å². The van der Waals surface area contributed by atoms with E-state index in [1.807, 2.05) is 30.6 Å². The lowest BCUT2D eigenvalue weighted by atomic mass is 10.0. The Hall–Kier alpha value is -3.95. The normalized spacial score (nSPS) is 20.5. The third-order valence-corrected chi connectivity index (χ3v) is 6.50. The van der Waals surface area contributed by atoms with Gasteiger partial charge in [-0.25, -0.2) is 9.97 Å². The Morgan fingerprint density at radius 3 is 2.88 bits per heavy atom. The van der Waals surface area contributed by atoms with Crippen LogP contribution in [0, 0.1) is 5.92 Å². The van der Waals surface area contributed by atoms with Crippen molar-refractivity contribution in [1.82, 2.24) is 19.9 Å². The number of hydrogen-bond donors (Lipinski definition) is 2. The van der Waals surface area contributed by atoms with Crippen LogP contribution in [-0.2, 0) is 14.4 Å². The van der Waals surface area contributed by atoms with E-state index in [9.17, 15) is 9.59 Å². The average Bonchev–Trinajstić information content (AvgIpc) is 3.32. The van der Waals surface area contributed by atoms with Gasteiger partial charge in [0.25, 0.3) is 5.91 Å². The second-order valence-corrected chi connectivity index (χ2v) is 8.91. The highest BCUT2D eigenvalue weighted by Gasteiger charge is 2.29. The number of imidazole rings is 1. The smallest absolute Gasteiger partial charge is 0.278 e. The number of carbonyl (C=O) groups is 2. The molecule has 1 saturated heterocycles. The Bertz CT molecular complexity index is 1340. The highest BCUT2D eigenvalue weighted by molar-refractivity contribution is 6.53. The van der Waals surface area contributed by atoms with E-state index in [4.69, 9.17) is 14.6 Å².